The molecule has 0 aliphatic heterocycles. The van der Waals surface area contributed by atoms with E-state index < -0.39 is 0 Å². The molecule has 4 aromatic rings. The molecule has 0 radical (unpaired) electrons. The zero-order chi connectivity index (χ0) is 24.4. The highest BCUT2D eigenvalue weighted by atomic mass is 15.0. The van der Waals surface area contributed by atoms with Gasteiger partial charge in [0.2, 0.25) is 0 Å². The van der Waals surface area contributed by atoms with Crippen molar-refractivity contribution in [2.75, 3.05) is 12.4 Å². The Morgan fingerprint density at radius 3 is 2.51 bits per heavy atom. The van der Waals surface area contributed by atoms with Gasteiger partial charge in [0, 0.05) is 53.8 Å². The summed E-state index contributed by atoms with van der Waals surface area (Å²) in [7, 11) is 1.87. The largest absolute Gasteiger partial charge is 0.388 e. The van der Waals surface area contributed by atoms with Crippen LogP contribution in [0.2, 0.25) is 0 Å². The molecule has 0 atom stereocenters. The van der Waals surface area contributed by atoms with Gasteiger partial charge >= 0.3 is 0 Å². The van der Waals surface area contributed by atoms with Crippen LogP contribution in [0.1, 0.15) is 50.2 Å². The SMILES string of the molecule is CNc1ccc(-c2ncc3c(ccn3CC3(C)CCCCC3)c2-c2ccc(C#N)cc2)cc1C=N. The van der Waals surface area contributed by atoms with E-state index in [9.17, 15) is 5.26 Å². The van der Waals surface area contributed by atoms with E-state index in [-0.39, 0.29) is 0 Å². The molecule has 5 nitrogen and oxygen atoms in total. The monoisotopic (exact) mass is 461 g/mol. The molecule has 35 heavy (non-hydrogen) atoms. The lowest BCUT2D eigenvalue weighted by molar-refractivity contribution is 0.185. The van der Waals surface area contributed by atoms with Crippen molar-refractivity contribution < 1.29 is 0 Å². The van der Waals surface area contributed by atoms with Crippen molar-refractivity contribution in [2.45, 2.75) is 45.6 Å². The van der Waals surface area contributed by atoms with Crippen LogP contribution in [-0.2, 0) is 6.54 Å². The summed E-state index contributed by atoms with van der Waals surface area (Å²) in [5.74, 6) is 0. The van der Waals surface area contributed by atoms with Crippen molar-refractivity contribution in [3.05, 3.63) is 72.1 Å². The smallest absolute Gasteiger partial charge is 0.0991 e. The van der Waals surface area contributed by atoms with Gasteiger partial charge in [-0.1, -0.05) is 44.4 Å². The maximum Gasteiger partial charge on any atom is 0.0991 e. The molecule has 1 fully saturated rings. The molecule has 0 unspecified atom stereocenters. The first-order valence-corrected chi connectivity index (χ1v) is 12.4. The minimum atomic E-state index is 0.319. The van der Waals surface area contributed by atoms with E-state index in [1.54, 1.807) is 0 Å². The third kappa shape index (κ3) is 4.33. The maximum atomic E-state index is 9.30. The van der Waals surface area contributed by atoms with E-state index in [2.05, 4.69) is 41.2 Å². The first kappa shape index (κ1) is 22.9. The molecule has 2 heterocycles. The van der Waals surface area contributed by atoms with E-state index in [0.717, 1.165) is 51.1 Å². The number of hydrogen-bond acceptors (Lipinski definition) is 4. The molecule has 2 aromatic carbocycles. The summed E-state index contributed by atoms with van der Waals surface area (Å²) < 4.78 is 2.37. The molecule has 1 saturated carbocycles. The van der Waals surface area contributed by atoms with Crippen molar-refractivity contribution in [1.82, 2.24) is 9.55 Å². The van der Waals surface area contributed by atoms with Gasteiger partial charge in [0.25, 0.3) is 0 Å². The van der Waals surface area contributed by atoms with Crippen LogP contribution in [-0.4, -0.2) is 22.8 Å². The molecule has 1 aliphatic rings. The lowest BCUT2D eigenvalue weighted by Crippen LogP contribution is -2.25. The molecular weight excluding hydrogens is 430 g/mol. The number of nitrogens with zero attached hydrogens (tertiary/aromatic N) is 3. The Hall–Kier alpha value is -3.91. The molecule has 2 N–H and O–H groups in total. The standard InChI is InChI=1S/C30H31N5/c1-30(13-4-3-5-14-30)20-35-15-12-25-27(35)19-34-29(23-10-11-26(33-2)24(16-23)18-32)28(25)22-8-6-21(17-31)7-9-22/h6-12,15-16,18-19,32-33H,3-5,13-14,20H2,1-2H3. The fraction of sp³-hybridized carbons (Fsp3) is 0.300. The maximum absolute atomic E-state index is 9.30. The lowest BCUT2D eigenvalue weighted by Gasteiger charge is -2.34. The summed E-state index contributed by atoms with van der Waals surface area (Å²) in [4.78, 5) is 4.99. The second-order valence-electron chi connectivity index (χ2n) is 9.98. The fourth-order valence-corrected chi connectivity index (χ4v) is 5.55. The number of nitriles is 1. The summed E-state index contributed by atoms with van der Waals surface area (Å²) in [5, 5.41) is 21.5. The number of rotatable bonds is 6. The highest BCUT2D eigenvalue weighted by Crippen LogP contribution is 2.41. The normalized spacial score (nSPS) is 15.0. The van der Waals surface area contributed by atoms with Crippen molar-refractivity contribution in [1.29, 1.82) is 10.7 Å². The van der Waals surface area contributed by atoms with Gasteiger partial charge in [0.1, 0.15) is 0 Å². The first-order chi connectivity index (χ1) is 17.0. The van der Waals surface area contributed by atoms with E-state index >= 15 is 0 Å². The Kier molecular flexibility index (Phi) is 6.13. The van der Waals surface area contributed by atoms with Gasteiger partial charge in [0.05, 0.1) is 29.0 Å². The van der Waals surface area contributed by atoms with E-state index in [0.29, 0.717) is 11.0 Å². The molecular formula is C30H31N5. The van der Waals surface area contributed by atoms with Crippen LogP contribution in [0.4, 0.5) is 5.69 Å². The lowest BCUT2D eigenvalue weighted by atomic mass is 9.75. The second-order valence-corrected chi connectivity index (χ2v) is 9.98. The number of fused-ring (bicyclic) bond motifs is 1. The summed E-state index contributed by atoms with van der Waals surface area (Å²) >= 11 is 0. The Morgan fingerprint density at radius 1 is 1.09 bits per heavy atom. The van der Waals surface area contributed by atoms with Gasteiger partial charge in [-0.25, -0.2) is 0 Å². The summed E-state index contributed by atoms with van der Waals surface area (Å²) in [5.41, 5.74) is 7.78. The summed E-state index contributed by atoms with van der Waals surface area (Å²) in [6.45, 7) is 3.42. The van der Waals surface area contributed by atoms with Gasteiger partial charge in [-0.15, -0.1) is 0 Å². The number of pyridine rings is 1. The van der Waals surface area contributed by atoms with Gasteiger partial charge < -0.3 is 15.3 Å². The second kappa shape index (κ2) is 9.38. The predicted molar refractivity (Wildman–Crippen MR) is 144 cm³/mol. The number of hydrogen-bond donors (Lipinski definition) is 2. The van der Waals surface area contributed by atoms with Gasteiger partial charge in [-0.3, -0.25) is 4.98 Å². The molecule has 1 aliphatic carbocycles. The molecule has 0 spiro atoms. The van der Waals surface area contributed by atoms with Crippen LogP contribution in [0.3, 0.4) is 0 Å². The van der Waals surface area contributed by atoms with E-state index in [1.165, 1.54) is 38.3 Å². The van der Waals surface area contributed by atoms with Crippen molar-refractivity contribution in [3.63, 3.8) is 0 Å². The van der Waals surface area contributed by atoms with E-state index in [4.69, 9.17) is 10.4 Å². The summed E-state index contributed by atoms with van der Waals surface area (Å²) in [6, 6.07) is 18.3. The van der Waals surface area contributed by atoms with Crippen molar-refractivity contribution in [3.8, 4) is 28.5 Å². The van der Waals surface area contributed by atoms with Gasteiger partial charge in [-0.05, 0) is 54.2 Å². The van der Waals surface area contributed by atoms with Crippen LogP contribution >= 0.6 is 0 Å². The van der Waals surface area contributed by atoms with Crippen LogP contribution in [0.5, 0.6) is 0 Å². The zero-order valence-corrected chi connectivity index (χ0v) is 20.4. The molecule has 5 rings (SSSR count). The number of nitrogens with one attached hydrogen (secondary N) is 2. The Morgan fingerprint density at radius 2 is 1.83 bits per heavy atom. The molecule has 5 heteroatoms. The number of aromatic nitrogens is 2. The minimum Gasteiger partial charge on any atom is -0.388 e. The van der Waals surface area contributed by atoms with Crippen LogP contribution in [0.25, 0.3) is 33.3 Å². The average Bonchev–Trinajstić information content (AvgIpc) is 3.30. The van der Waals surface area contributed by atoms with Gasteiger partial charge in [0.15, 0.2) is 0 Å². The van der Waals surface area contributed by atoms with Crippen molar-refractivity contribution >= 4 is 22.8 Å². The highest BCUT2D eigenvalue weighted by molar-refractivity contribution is 6.02. The number of anilines is 1. The highest BCUT2D eigenvalue weighted by Gasteiger charge is 2.28. The minimum absolute atomic E-state index is 0.319. The van der Waals surface area contributed by atoms with Crippen LogP contribution in [0.15, 0.2) is 60.9 Å². The average molecular weight is 462 g/mol. The van der Waals surface area contributed by atoms with E-state index in [1.807, 2.05) is 49.6 Å². The molecule has 2 aromatic heterocycles. The first-order valence-electron chi connectivity index (χ1n) is 12.4. The van der Waals surface area contributed by atoms with Crippen molar-refractivity contribution in [2.24, 2.45) is 5.41 Å². The molecule has 0 saturated heterocycles. The topological polar surface area (TPSA) is 77.5 Å². The molecule has 0 bridgehead atoms. The quantitative estimate of drug-likeness (QED) is 0.297. The van der Waals surface area contributed by atoms with Crippen LogP contribution in [0, 0.1) is 22.2 Å². The number of benzene rings is 2. The predicted octanol–water partition coefficient (Wildman–Crippen LogP) is 7.25. The van der Waals surface area contributed by atoms with Crippen LogP contribution < -0.4 is 5.32 Å². The molecule has 0 amide bonds. The fourth-order valence-electron chi connectivity index (χ4n) is 5.55. The van der Waals surface area contributed by atoms with Gasteiger partial charge in [-0.2, -0.15) is 5.26 Å². The summed E-state index contributed by atoms with van der Waals surface area (Å²) in [6.07, 6.45) is 12.1. The Balaban J connectivity index is 1.68. The zero-order valence-electron chi connectivity index (χ0n) is 20.4. The Bertz CT molecular complexity index is 1420. The Labute approximate surface area is 207 Å². The molecule has 176 valence electrons. The third-order valence-electron chi connectivity index (χ3n) is 7.49. The third-order valence-corrected chi connectivity index (χ3v) is 7.49.